The van der Waals surface area contributed by atoms with E-state index < -0.39 is 0 Å². The molecule has 0 radical (unpaired) electrons. The summed E-state index contributed by atoms with van der Waals surface area (Å²) < 4.78 is 16.2. The van der Waals surface area contributed by atoms with E-state index in [9.17, 15) is 0 Å². The second kappa shape index (κ2) is 8.98. The summed E-state index contributed by atoms with van der Waals surface area (Å²) in [6.07, 6.45) is 4.31. The third-order valence-corrected chi connectivity index (χ3v) is 3.76. The average molecular weight is 361 g/mol. The minimum atomic E-state index is 0. The van der Waals surface area contributed by atoms with E-state index in [4.69, 9.17) is 13.9 Å². The van der Waals surface area contributed by atoms with Gasteiger partial charge in [-0.3, -0.25) is 0 Å². The zero-order valence-corrected chi connectivity index (χ0v) is 17.3. The molecule has 5 nitrogen and oxygen atoms in total. The summed E-state index contributed by atoms with van der Waals surface area (Å²) in [5.41, 5.74) is 2.60. The SMILES string of the molecule is C(=C1/[N-]c2ccccc2O1)/c1[nH+]c2ccccc2o1.C1CCOC1.[K+]. The molecule has 1 aromatic heterocycles. The standard InChI is InChI=1S/C15H9N2O2.C4H8O.K/c1-3-7-12-10(5-1)16-14(18-12)9-15-17-11-6-2-4-8-13(11)19-15;1-2-4-5-3-1;/h1-9H;1-4H2;/q-1;;+1/p+1/b14-9+;;. The van der Waals surface area contributed by atoms with E-state index in [1.54, 1.807) is 6.08 Å². The van der Waals surface area contributed by atoms with E-state index in [0.29, 0.717) is 11.8 Å². The summed E-state index contributed by atoms with van der Waals surface area (Å²) in [6.45, 7) is 2.00. The molecule has 0 aliphatic carbocycles. The van der Waals surface area contributed by atoms with E-state index in [1.807, 2.05) is 48.5 Å². The number of H-pyrrole nitrogens is 1. The van der Waals surface area contributed by atoms with Crippen LogP contribution in [0.2, 0.25) is 0 Å². The van der Waals surface area contributed by atoms with Crippen molar-refractivity contribution in [3.8, 4) is 5.75 Å². The van der Waals surface area contributed by atoms with Gasteiger partial charge in [0.2, 0.25) is 11.1 Å². The van der Waals surface area contributed by atoms with Crippen LogP contribution in [0.3, 0.4) is 0 Å². The fourth-order valence-electron chi connectivity index (χ4n) is 2.58. The second-order valence-electron chi connectivity index (χ2n) is 5.57. The largest absolute Gasteiger partial charge is 1.00 e. The van der Waals surface area contributed by atoms with Gasteiger partial charge in [0.25, 0.3) is 0 Å². The normalized spacial score (nSPS) is 16.4. The van der Waals surface area contributed by atoms with Crippen molar-refractivity contribution in [2.45, 2.75) is 12.8 Å². The molecule has 0 amide bonds. The fraction of sp³-hybridized carbons (Fsp3) is 0.211. The maximum Gasteiger partial charge on any atom is 1.00 e. The van der Waals surface area contributed by atoms with Gasteiger partial charge < -0.3 is 19.2 Å². The molecule has 0 bridgehead atoms. The Kier molecular flexibility index (Phi) is 6.69. The van der Waals surface area contributed by atoms with E-state index in [0.717, 1.165) is 35.8 Å². The van der Waals surface area contributed by atoms with Crippen LogP contribution in [0.1, 0.15) is 18.7 Å². The van der Waals surface area contributed by atoms with E-state index in [2.05, 4.69) is 10.3 Å². The minimum absolute atomic E-state index is 0. The Morgan fingerprint density at radius 3 is 2.44 bits per heavy atom. The van der Waals surface area contributed by atoms with Crippen LogP contribution in [0.4, 0.5) is 5.69 Å². The Bertz CT molecular complexity index is 804. The van der Waals surface area contributed by atoms with Crippen LogP contribution in [-0.4, -0.2) is 13.2 Å². The number of nitrogens with zero attached hydrogens (tertiary/aromatic N) is 1. The number of rotatable bonds is 1. The number of hydrogen-bond donors (Lipinski definition) is 0. The van der Waals surface area contributed by atoms with Gasteiger partial charge in [0.05, 0.1) is 6.08 Å². The van der Waals surface area contributed by atoms with E-state index >= 15 is 0 Å². The Morgan fingerprint density at radius 2 is 1.72 bits per heavy atom. The van der Waals surface area contributed by atoms with Crippen molar-refractivity contribution in [3.63, 3.8) is 0 Å². The van der Waals surface area contributed by atoms with Gasteiger partial charge in [0.1, 0.15) is 5.75 Å². The average Bonchev–Trinajstić information content (AvgIpc) is 3.35. The molecule has 122 valence electrons. The second-order valence-corrected chi connectivity index (χ2v) is 5.57. The zero-order chi connectivity index (χ0) is 16.2. The van der Waals surface area contributed by atoms with Crippen molar-refractivity contribution in [2.75, 3.05) is 13.2 Å². The monoisotopic (exact) mass is 361 g/mol. The van der Waals surface area contributed by atoms with Crippen LogP contribution in [0, 0.1) is 0 Å². The smallest absolute Gasteiger partial charge is 0.624 e. The molecule has 5 rings (SSSR count). The maximum atomic E-state index is 5.66. The maximum absolute atomic E-state index is 5.66. The summed E-state index contributed by atoms with van der Waals surface area (Å²) in [4.78, 5) is 3.17. The number of para-hydroxylation sites is 4. The third kappa shape index (κ3) is 4.72. The molecule has 2 aliphatic rings. The van der Waals surface area contributed by atoms with E-state index in [1.165, 1.54) is 12.8 Å². The van der Waals surface area contributed by atoms with Crippen molar-refractivity contribution in [3.05, 3.63) is 65.6 Å². The van der Waals surface area contributed by atoms with E-state index in [-0.39, 0.29) is 51.4 Å². The van der Waals surface area contributed by atoms with Gasteiger partial charge in [-0.15, -0.1) is 0 Å². The number of nitrogens with one attached hydrogen (secondary N) is 1. The number of aromatic amines is 1. The summed E-state index contributed by atoms with van der Waals surface area (Å²) in [7, 11) is 0. The first-order valence-corrected chi connectivity index (χ1v) is 8.07. The molecule has 1 saturated heterocycles. The van der Waals surface area contributed by atoms with Crippen LogP contribution in [0.25, 0.3) is 22.5 Å². The molecule has 0 spiro atoms. The van der Waals surface area contributed by atoms with Gasteiger partial charge in [-0.05, 0) is 25.0 Å². The molecule has 3 aromatic rings. The number of fused-ring (bicyclic) bond motifs is 2. The molecule has 0 saturated carbocycles. The molecule has 0 unspecified atom stereocenters. The van der Waals surface area contributed by atoms with Crippen molar-refractivity contribution in [1.82, 2.24) is 0 Å². The van der Waals surface area contributed by atoms with Gasteiger partial charge in [-0.25, -0.2) is 0 Å². The van der Waals surface area contributed by atoms with Crippen molar-refractivity contribution >= 4 is 22.9 Å². The summed E-state index contributed by atoms with van der Waals surface area (Å²) >= 11 is 0. The van der Waals surface area contributed by atoms with Gasteiger partial charge in [-0.2, -0.15) is 4.98 Å². The van der Waals surface area contributed by atoms with Crippen LogP contribution < -0.4 is 61.1 Å². The predicted octanol–water partition coefficient (Wildman–Crippen LogP) is 1.44. The van der Waals surface area contributed by atoms with Gasteiger partial charge in [-0.1, -0.05) is 36.0 Å². The Morgan fingerprint density at radius 1 is 0.960 bits per heavy atom. The fourth-order valence-corrected chi connectivity index (χ4v) is 2.58. The summed E-state index contributed by atoms with van der Waals surface area (Å²) in [5, 5.41) is 4.38. The molecule has 25 heavy (non-hydrogen) atoms. The Balaban J connectivity index is 0.000000264. The number of aromatic nitrogens is 1. The molecule has 1 fully saturated rings. The quantitative estimate of drug-likeness (QED) is 0.617. The summed E-state index contributed by atoms with van der Waals surface area (Å²) in [5.74, 6) is 1.91. The number of oxazole rings is 1. The number of benzene rings is 2. The summed E-state index contributed by atoms with van der Waals surface area (Å²) in [6, 6.07) is 15.4. The first-order valence-electron chi connectivity index (χ1n) is 8.07. The number of ether oxygens (including phenoxy) is 2. The van der Waals surface area contributed by atoms with Crippen LogP contribution in [0.15, 0.2) is 58.8 Å². The molecule has 6 heteroatoms. The molecular weight excluding hydrogens is 343 g/mol. The van der Waals surface area contributed by atoms with Gasteiger partial charge >= 0.3 is 57.3 Å². The molecular formula is C19H18KN2O3+. The molecule has 0 atom stereocenters. The van der Waals surface area contributed by atoms with Gasteiger partial charge in [0.15, 0.2) is 0 Å². The first kappa shape index (κ1) is 18.6. The minimum Gasteiger partial charge on any atom is -0.624 e. The van der Waals surface area contributed by atoms with Crippen molar-refractivity contribution in [1.29, 1.82) is 0 Å². The molecule has 2 aliphatic heterocycles. The first-order chi connectivity index (χ1) is 11.9. The Hall–Kier alpha value is -1.15. The Labute approximate surface area is 188 Å². The van der Waals surface area contributed by atoms with Crippen LogP contribution >= 0.6 is 0 Å². The van der Waals surface area contributed by atoms with Gasteiger partial charge in [0, 0.05) is 25.2 Å². The van der Waals surface area contributed by atoms with Crippen molar-refractivity contribution < 1.29 is 70.3 Å². The predicted molar refractivity (Wildman–Crippen MR) is 90.9 cm³/mol. The number of hydrogen-bond acceptors (Lipinski definition) is 3. The molecule has 3 heterocycles. The topological polar surface area (TPSA) is 59.8 Å². The van der Waals surface area contributed by atoms with Crippen molar-refractivity contribution in [2.24, 2.45) is 0 Å². The molecule has 2 aromatic carbocycles. The molecule has 1 N–H and O–H groups in total. The van der Waals surface area contributed by atoms with Crippen LogP contribution in [-0.2, 0) is 4.74 Å². The zero-order valence-electron chi connectivity index (χ0n) is 14.2. The van der Waals surface area contributed by atoms with Crippen LogP contribution in [0.5, 0.6) is 5.75 Å². The third-order valence-electron chi connectivity index (χ3n) is 3.76.